The van der Waals surface area contributed by atoms with Gasteiger partial charge in [-0.25, -0.2) is 5.84 Å². The lowest BCUT2D eigenvalue weighted by Crippen LogP contribution is -2.33. The first-order chi connectivity index (χ1) is 11.6. The fraction of sp³-hybridized carbons (Fsp3) is 0.333. The van der Waals surface area contributed by atoms with Crippen LogP contribution in [0.2, 0.25) is 0 Å². The Morgan fingerprint density at radius 2 is 2.12 bits per heavy atom. The molecule has 1 amide bonds. The summed E-state index contributed by atoms with van der Waals surface area (Å²) < 4.78 is 10.9. The van der Waals surface area contributed by atoms with Gasteiger partial charge in [0.2, 0.25) is 5.91 Å². The van der Waals surface area contributed by atoms with Crippen LogP contribution in [0.4, 0.5) is 0 Å². The van der Waals surface area contributed by atoms with Crippen molar-refractivity contribution in [3.05, 3.63) is 48.3 Å². The molecule has 0 radical (unpaired) electrons. The van der Waals surface area contributed by atoms with Crippen LogP contribution in [0.25, 0.3) is 11.1 Å². The number of carbonyl (C=O) groups excluding carboxylic acids is 1. The standard InChI is InChI=1S/C18H23N3O3/c1-21(19)18(22)8-6-14-5-7-16(15-4-3-9-20-13-15)17(12-14)24-11-10-23-2/h3-5,7,9,12-13H,6,8,10-11,19H2,1-2H3. The number of hydrazine groups is 1. The summed E-state index contributed by atoms with van der Waals surface area (Å²) >= 11 is 0. The second-order valence-corrected chi connectivity index (χ2v) is 5.42. The zero-order valence-corrected chi connectivity index (χ0v) is 14.1. The predicted octanol–water partition coefficient (Wildman–Crippen LogP) is 2.04. The molecule has 0 aliphatic carbocycles. The van der Waals surface area contributed by atoms with Crippen molar-refractivity contribution in [1.82, 2.24) is 9.99 Å². The largest absolute Gasteiger partial charge is 0.491 e. The molecule has 1 heterocycles. The van der Waals surface area contributed by atoms with Crippen molar-refractivity contribution in [2.45, 2.75) is 12.8 Å². The number of hydrogen-bond donors (Lipinski definition) is 1. The number of aromatic nitrogens is 1. The molecule has 0 saturated carbocycles. The molecule has 1 aromatic carbocycles. The summed E-state index contributed by atoms with van der Waals surface area (Å²) in [5.41, 5.74) is 2.96. The van der Waals surface area contributed by atoms with Gasteiger partial charge in [0.25, 0.3) is 0 Å². The van der Waals surface area contributed by atoms with Crippen molar-refractivity contribution < 1.29 is 14.3 Å². The van der Waals surface area contributed by atoms with Crippen LogP contribution >= 0.6 is 0 Å². The lowest BCUT2D eigenvalue weighted by Gasteiger charge is -2.14. The lowest BCUT2D eigenvalue weighted by molar-refractivity contribution is -0.130. The smallest absolute Gasteiger partial charge is 0.236 e. The third-order valence-electron chi connectivity index (χ3n) is 3.58. The SMILES string of the molecule is COCCOc1cc(CCC(=O)N(C)N)ccc1-c1cccnc1. The Morgan fingerprint density at radius 3 is 2.79 bits per heavy atom. The number of nitrogens with zero attached hydrogens (tertiary/aromatic N) is 2. The monoisotopic (exact) mass is 329 g/mol. The van der Waals surface area contributed by atoms with Crippen LogP contribution in [0.5, 0.6) is 5.75 Å². The molecule has 6 nitrogen and oxygen atoms in total. The third-order valence-corrected chi connectivity index (χ3v) is 3.58. The van der Waals surface area contributed by atoms with E-state index in [1.807, 2.05) is 30.3 Å². The van der Waals surface area contributed by atoms with Crippen molar-refractivity contribution in [3.8, 4) is 16.9 Å². The summed E-state index contributed by atoms with van der Waals surface area (Å²) in [5.74, 6) is 6.10. The van der Waals surface area contributed by atoms with E-state index in [1.54, 1.807) is 26.6 Å². The van der Waals surface area contributed by atoms with Gasteiger partial charge in [0.1, 0.15) is 12.4 Å². The molecule has 0 unspecified atom stereocenters. The Balaban J connectivity index is 2.20. The van der Waals surface area contributed by atoms with E-state index in [0.29, 0.717) is 26.1 Å². The lowest BCUT2D eigenvalue weighted by atomic mass is 10.0. The molecule has 2 aromatic rings. The van der Waals surface area contributed by atoms with Gasteiger partial charge >= 0.3 is 0 Å². The van der Waals surface area contributed by atoms with Gasteiger partial charge in [-0.2, -0.15) is 0 Å². The number of amides is 1. The Morgan fingerprint density at radius 1 is 1.29 bits per heavy atom. The first-order valence-electron chi connectivity index (χ1n) is 7.78. The Kier molecular flexibility index (Phi) is 6.72. The van der Waals surface area contributed by atoms with Crippen LogP contribution < -0.4 is 10.6 Å². The van der Waals surface area contributed by atoms with Gasteiger partial charge in [0.05, 0.1) is 6.61 Å². The van der Waals surface area contributed by atoms with Crippen molar-refractivity contribution >= 4 is 5.91 Å². The van der Waals surface area contributed by atoms with Gasteiger partial charge in [0, 0.05) is 44.1 Å². The average molecular weight is 329 g/mol. The number of aryl methyl sites for hydroxylation is 1. The summed E-state index contributed by atoms with van der Waals surface area (Å²) in [6.45, 7) is 0.963. The molecule has 24 heavy (non-hydrogen) atoms. The highest BCUT2D eigenvalue weighted by Crippen LogP contribution is 2.31. The van der Waals surface area contributed by atoms with Gasteiger partial charge in [-0.1, -0.05) is 18.2 Å². The zero-order chi connectivity index (χ0) is 17.4. The zero-order valence-electron chi connectivity index (χ0n) is 14.1. The predicted molar refractivity (Wildman–Crippen MR) is 92.3 cm³/mol. The Bertz CT molecular complexity index is 660. The minimum Gasteiger partial charge on any atom is -0.491 e. The van der Waals surface area contributed by atoms with E-state index in [9.17, 15) is 4.79 Å². The quantitative estimate of drug-likeness (QED) is 0.347. The van der Waals surface area contributed by atoms with E-state index in [2.05, 4.69) is 4.98 Å². The highest BCUT2D eigenvalue weighted by atomic mass is 16.5. The Labute approximate surface area is 142 Å². The topological polar surface area (TPSA) is 77.7 Å². The van der Waals surface area contributed by atoms with Gasteiger partial charge in [-0.3, -0.25) is 14.8 Å². The van der Waals surface area contributed by atoms with E-state index in [-0.39, 0.29) is 5.91 Å². The molecule has 0 spiro atoms. The van der Waals surface area contributed by atoms with E-state index in [0.717, 1.165) is 27.4 Å². The summed E-state index contributed by atoms with van der Waals surface area (Å²) in [7, 11) is 3.18. The molecule has 0 saturated heterocycles. The molecule has 128 valence electrons. The highest BCUT2D eigenvalue weighted by Gasteiger charge is 2.10. The Hall–Kier alpha value is -2.44. The van der Waals surface area contributed by atoms with Crippen LogP contribution in [0.1, 0.15) is 12.0 Å². The number of carbonyl (C=O) groups is 1. The van der Waals surface area contributed by atoms with Crippen molar-refractivity contribution in [2.24, 2.45) is 5.84 Å². The van der Waals surface area contributed by atoms with E-state index in [1.165, 1.54) is 0 Å². The van der Waals surface area contributed by atoms with Gasteiger partial charge in [0.15, 0.2) is 0 Å². The van der Waals surface area contributed by atoms with Gasteiger partial charge in [-0.05, 0) is 24.1 Å². The number of pyridine rings is 1. The molecule has 0 atom stereocenters. The molecule has 0 bridgehead atoms. The van der Waals surface area contributed by atoms with E-state index >= 15 is 0 Å². The van der Waals surface area contributed by atoms with Crippen LogP contribution in [0.3, 0.4) is 0 Å². The van der Waals surface area contributed by atoms with E-state index in [4.69, 9.17) is 15.3 Å². The maximum absolute atomic E-state index is 11.6. The molecule has 0 aliphatic heterocycles. The highest BCUT2D eigenvalue weighted by molar-refractivity contribution is 5.75. The third kappa shape index (κ3) is 5.04. The van der Waals surface area contributed by atoms with Crippen LogP contribution in [0, 0.1) is 0 Å². The van der Waals surface area contributed by atoms with Crippen LogP contribution in [0.15, 0.2) is 42.7 Å². The molecule has 2 N–H and O–H groups in total. The molecule has 6 heteroatoms. The molecular formula is C18H23N3O3. The number of rotatable bonds is 8. The molecule has 2 rings (SSSR count). The number of ether oxygens (including phenoxy) is 2. The average Bonchev–Trinajstić information content (AvgIpc) is 2.60. The van der Waals surface area contributed by atoms with Crippen molar-refractivity contribution in [2.75, 3.05) is 27.4 Å². The second kappa shape index (κ2) is 9.00. The number of benzene rings is 1. The summed E-state index contributed by atoms with van der Waals surface area (Å²) in [6.07, 6.45) is 4.49. The molecule has 1 aromatic heterocycles. The maximum atomic E-state index is 11.6. The number of nitrogens with two attached hydrogens (primary N) is 1. The fourth-order valence-corrected chi connectivity index (χ4v) is 2.26. The molecular weight excluding hydrogens is 306 g/mol. The molecule has 0 fully saturated rings. The van der Waals surface area contributed by atoms with E-state index < -0.39 is 0 Å². The first-order valence-corrected chi connectivity index (χ1v) is 7.78. The summed E-state index contributed by atoms with van der Waals surface area (Å²) in [5, 5.41) is 1.11. The molecule has 0 aliphatic rings. The first kappa shape index (κ1) is 17.9. The summed E-state index contributed by atoms with van der Waals surface area (Å²) in [4.78, 5) is 15.8. The van der Waals surface area contributed by atoms with Crippen molar-refractivity contribution in [3.63, 3.8) is 0 Å². The number of methoxy groups -OCH3 is 1. The normalized spacial score (nSPS) is 10.5. The van der Waals surface area contributed by atoms with Gasteiger partial charge in [-0.15, -0.1) is 0 Å². The minimum atomic E-state index is -0.104. The number of hydrogen-bond acceptors (Lipinski definition) is 5. The fourth-order valence-electron chi connectivity index (χ4n) is 2.26. The van der Waals surface area contributed by atoms with Crippen LogP contribution in [-0.2, 0) is 16.0 Å². The maximum Gasteiger partial charge on any atom is 0.236 e. The van der Waals surface area contributed by atoms with Gasteiger partial charge < -0.3 is 9.47 Å². The summed E-state index contributed by atoms with van der Waals surface area (Å²) in [6, 6.07) is 9.82. The van der Waals surface area contributed by atoms with Crippen LogP contribution in [-0.4, -0.2) is 43.3 Å². The second-order valence-electron chi connectivity index (χ2n) is 5.42. The minimum absolute atomic E-state index is 0.104. The van der Waals surface area contributed by atoms with Crippen molar-refractivity contribution in [1.29, 1.82) is 0 Å².